The Bertz CT molecular complexity index is 597. The molecule has 2 amide bonds. The molecule has 2 N–H and O–H groups in total. The molecule has 1 aliphatic heterocycles. The SMILES string of the molecule is Cc1cc(C2CCN(C(=O)OC(C)(C)C)CC2)ccc1C(N)=O. The van der Waals surface area contributed by atoms with Crippen LogP contribution in [0, 0.1) is 6.92 Å². The number of carbonyl (C=O) groups is 2. The average Bonchev–Trinajstić information content (AvgIpc) is 2.45. The van der Waals surface area contributed by atoms with Crippen LogP contribution in [0.25, 0.3) is 0 Å². The number of rotatable bonds is 2. The summed E-state index contributed by atoms with van der Waals surface area (Å²) in [6.07, 6.45) is 1.56. The number of carbonyl (C=O) groups excluding carboxylic acids is 2. The number of nitrogens with zero attached hydrogens (tertiary/aromatic N) is 1. The van der Waals surface area contributed by atoms with Crippen molar-refractivity contribution in [1.82, 2.24) is 4.90 Å². The zero-order valence-electron chi connectivity index (χ0n) is 14.4. The van der Waals surface area contributed by atoms with Gasteiger partial charge in [0.1, 0.15) is 5.60 Å². The Morgan fingerprint density at radius 2 is 1.83 bits per heavy atom. The first kappa shape index (κ1) is 17.3. The minimum absolute atomic E-state index is 0.240. The number of piperidine rings is 1. The summed E-state index contributed by atoms with van der Waals surface area (Å²) < 4.78 is 5.41. The molecule has 0 unspecified atom stereocenters. The molecule has 0 saturated carbocycles. The van der Waals surface area contributed by atoms with E-state index < -0.39 is 11.5 Å². The first-order chi connectivity index (χ1) is 10.7. The van der Waals surface area contributed by atoms with E-state index in [1.54, 1.807) is 11.0 Å². The van der Waals surface area contributed by atoms with Crippen LogP contribution in [0.1, 0.15) is 61.0 Å². The van der Waals surface area contributed by atoms with Crippen molar-refractivity contribution in [2.75, 3.05) is 13.1 Å². The van der Waals surface area contributed by atoms with Gasteiger partial charge >= 0.3 is 6.09 Å². The van der Waals surface area contributed by atoms with E-state index in [2.05, 4.69) is 0 Å². The quantitative estimate of drug-likeness (QED) is 0.910. The lowest BCUT2D eigenvalue weighted by molar-refractivity contribution is 0.0204. The number of nitrogens with two attached hydrogens (primary N) is 1. The van der Waals surface area contributed by atoms with Crippen molar-refractivity contribution in [3.63, 3.8) is 0 Å². The minimum Gasteiger partial charge on any atom is -0.444 e. The van der Waals surface area contributed by atoms with Crippen molar-refractivity contribution in [1.29, 1.82) is 0 Å². The molecule has 0 radical (unpaired) electrons. The van der Waals surface area contributed by atoms with E-state index in [4.69, 9.17) is 10.5 Å². The highest BCUT2D eigenvalue weighted by atomic mass is 16.6. The van der Waals surface area contributed by atoms with Gasteiger partial charge in [0.2, 0.25) is 5.91 Å². The average molecular weight is 318 g/mol. The molecule has 1 heterocycles. The lowest BCUT2D eigenvalue weighted by Gasteiger charge is -2.33. The van der Waals surface area contributed by atoms with Crippen LogP contribution in [0.5, 0.6) is 0 Å². The van der Waals surface area contributed by atoms with Crippen LogP contribution < -0.4 is 5.73 Å². The number of amides is 2. The van der Waals surface area contributed by atoms with Crippen LogP contribution >= 0.6 is 0 Å². The molecular weight excluding hydrogens is 292 g/mol. The van der Waals surface area contributed by atoms with Gasteiger partial charge in [-0.1, -0.05) is 12.1 Å². The van der Waals surface area contributed by atoms with Gasteiger partial charge in [0.05, 0.1) is 0 Å². The van der Waals surface area contributed by atoms with Crippen LogP contribution in [0.3, 0.4) is 0 Å². The van der Waals surface area contributed by atoms with Crippen molar-refractivity contribution < 1.29 is 14.3 Å². The maximum absolute atomic E-state index is 12.1. The molecule has 5 nitrogen and oxygen atoms in total. The topological polar surface area (TPSA) is 72.6 Å². The van der Waals surface area contributed by atoms with E-state index in [0.717, 1.165) is 18.4 Å². The first-order valence-electron chi connectivity index (χ1n) is 8.05. The predicted molar refractivity (Wildman–Crippen MR) is 89.5 cm³/mol. The molecule has 23 heavy (non-hydrogen) atoms. The summed E-state index contributed by atoms with van der Waals surface area (Å²) in [6, 6.07) is 5.81. The highest BCUT2D eigenvalue weighted by molar-refractivity contribution is 5.94. The largest absolute Gasteiger partial charge is 0.444 e. The van der Waals surface area contributed by atoms with Crippen LogP contribution in [0.2, 0.25) is 0 Å². The third-order valence-electron chi connectivity index (χ3n) is 4.13. The molecule has 1 aromatic carbocycles. The molecule has 1 aliphatic rings. The number of aryl methyl sites for hydroxylation is 1. The van der Waals surface area contributed by atoms with Gasteiger partial charge in [0.25, 0.3) is 0 Å². The Morgan fingerprint density at radius 1 is 1.22 bits per heavy atom. The van der Waals surface area contributed by atoms with E-state index in [-0.39, 0.29) is 6.09 Å². The second kappa shape index (κ2) is 6.60. The second-order valence-electron chi connectivity index (χ2n) is 7.18. The van der Waals surface area contributed by atoms with E-state index in [9.17, 15) is 9.59 Å². The Kier molecular flexibility index (Phi) is 4.97. The van der Waals surface area contributed by atoms with E-state index in [0.29, 0.717) is 24.6 Å². The Hall–Kier alpha value is -2.04. The van der Waals surface area contributed by atoms with Gasteiger partial charge in [0, 0.05) is 18.7 Å². The molecule has 2 rings (SSSR count). The number of benzene rings is 1. The van der Waals surface area contributed by atoms with Crippen molar-refractivity contribution in [3.05, 3.63) is 34.9 Å². The zero-order valence-corrected chi connectivity index (χ0v) is 14.4. The summed E-state index contributed by atoms with van der Waals surface area (Å²) in [5, 5.41) is 0. The minimum atomic E-state index is -0.463. The van der Waals surface area contributed by atoms with Gasteiger partial charge in [-0.2, -0.15) is 0 Å². The van der Waals surface area contributed by atoms with Crippen LogP contribution in [-0.2, 0) is 4.74 Å². The van der Waals surface area contributed by atoms with Crippen LogP contribution in [-0.4, -0.2) is 35.6 Å². The fourth-order valence-electron chi connectivity index (χ4n) is 2.94. The predicted octanol–water partition coefficient (Wildman–Crippen LogP) is 3.21. The number of primary amides is 1. The van der Waals surface area contributed by atoms with E-state index in [1.807, 2.05) is 39.8 Å². The third-order valence-corrected chi connectivity index (χ3v) is 4.13. The maximum Gasteiger partial charge on any atom is 0.410 e. The zero-order chi connectivity index (χ0) is 17.2. The van der Waals surface area contributed by atoms with Gasteiger partial charge in [-0.3, -0.25) is 4.79 Å². The Balaban J connectivity index is 1.98. The summed E-state index contributed by atoms with van der Waals surface area (Å²) >= 11 is 0. The summed E-state index contributed by atoms with van der Waals surface area (Å²) in [6.45, 7) is 8.91. The smallest absolute Gasteiger partial charge is 0.410 e. The number of likely N-dealkylation sites (tertiary alicyclic amines) is 1. The normalized spacial score (nSPS) is 16.3. The van der Waals surface area contributed by atoms with Gasteiger partial charge in [0.15, 0.2) is 0 Å². The van der Waals surface area contributed by atoms with Crippen molar-refractivity contribution in [3.8, 4) is 0 Å². The maximum atomic E-state index is 12.1. The number of hydrogen-bond donors (Lipinski definition) is 1. The van der Waals surface area contributed by atoms with Crippen molar-refractivity contribution in [2.45, 2.75) is 52.1 Å². The van der Waals surface area contributed by atoms with Gasteiger partial charge < -0.3 is 15.4 Å². The molecule has 5 heteroatoms. The van der Waals surface area contributed by atoms with E-state index >= 15 is 0 Å². The summed E-state index contributed by atoms with van der Waals surface area (Å²) in [7, 11) is 0. The van der Waals surface area contributed by atoms with Gasteiger partial charge in [-0.25, -0.2) is 4.79 Å². The fraction of sp³-hybridized carbons (Fsp3) is 0.556. The molecule has 126 valence electrons. The molecule has 0 aliphatic carbocycles. The van der Waals surface area contributed by atoms with Crippen molar-refractivity contribution >= 4 is 12.0 Å². The fourth-order valence-corrected chi connectivity index (χ4v) is 2.94. The first-order valence-corrected chi connectivity index (χ1v) is 8.05. The second-order valence-corrected chi connectivity index (χ2v) is 7.18. The van der Waals surface area contributed by atoms with Crippen LogP contribution in [0.15, 0.2) is 18.2 Å². The highest BCUT2D eigenvalue weighted by Gasteiger charge is 2.27. The number of hydrogen-bond acceptors (Lipinski definition) is 3. The van der Waals surface area contributed by atoms with Gasteiger partial charge in [-0.15, -0.1) is 0 Å². The molecular formula is C18H26N2O3. The standard InChI is InChI=1S/C18H26N2O3/c1-12-11-14(5-6-15(12)16(19)21)13-7-9-20(10-8-13)17(22)23-18(2,3)4/h5-6,11,13H,7-10H2,1-4H3,(H2,19,21). The lowest BCUT2D eigenvalue weighted by atomic mass is 9.88. The summed E-state index contributed by atoms with van der Waals surface area (Å²) in [5.74, 6) is 0.00288. The molecule has 1 fully saturated rings. The van der Waals surface area contributed by atoms with Crippen molar-refractivity contribution in [2.24, 2.45) is 5.73 Å². The third kappa shape index (κ3) is 4.47. The Labute approximate surface area is 137 Å². The highest BCUT2D eigenvalue weighted by Crippen LogP contribution is 2.30. The molecule has 0 atom stereocenters. The lowest BCUT2D eigenvalue weighted by Crippen LogP contribution is -2.41. The van der Waals surface area contributed by atoms with Gasteiger partial charge in [-0.05, 0) is 63.6 Å². The molecule has 0 bridgehead atoms. The monoisotopic (exact) mass is 318 g/mol. The van der Waals surface area contributed by atoms with E-state index in [1.165, 1.54) is 5.56 Å². The molecule has 1 aromatic rings. The summed E-state index contributed by atoms with van der Waals surface area (Å²) in [5.41, 5.74) is 7.57. The summed E-state index contributed by atoms with van der Waals surface area (Å²) in [4.78, 5) is 25.2. The number of ether oxygens (including phenoxy) is 1. The molecule has 1 saturated heterocycles. The van der Waals surface area contributed by atoms with Crippen LogP contribution in [0.4, 0.5) is 4.79 Å². The Morgan fingerprint density at radius 3 is 2.30 bits per heavy atom. The molecule has 0 aromatic heterocycles. The molecule has 0 spiro atoms.